The minimum atomic E-state index is -0.00701. The lowest BCUT2D eigenvalue weighted by Crippen LogP contribution is -1.93. The summed E-state index contributed by atoms with van der Waals surface area (Å²) in [4.78, 5) is 13.1. The van der Waals surface area contributed by atoms with Gasteiger partial charge in [-0.25, -0.2) is 0 Å². The Balaban J connectivity index is 1.97. The molecule has 2 aromatic carbocycles. The predicted molar refractivity (Wildman–Crippen MR) is 87.2 cm³/mol. The molecule has 2 nitrogen and oxygen atoms in total. The Kier molecular flexibility index (Phi) is 5.81. The molecule has 0 saturated heterocycles. The molecule has 0 aromatic heterocycles. The van der Waals surface area contributed by atoms with E-state index < -0.39 is 0 Å². The summed E-state index contributed by atoms with van der Waals surface area (Å²) in [5.41, 5.74) is 1.68. The molecule has 0 bridgehead atoms. The van der Waals surface area contributed by atoms with Gasteiger partial charge in [0.25, 0.3) is 0 Å². The van der Waals surface area contributed by atoms with E-state index in [4.69, 9.17) is 5.26 Å². The van der Waals surface area contributed by atoms with Crippen LogP contribution in [0, 0.1) is 11.3 Å². The van der Waals surface area contributed by atoms with Crippen LogP contribution in [0.5, 0.6) is 0 Å². The van der Waals surface area contributed by atoms with Crippen LogP contribution in [0.15, 0.2) is 65.6 Å². The van der Waals surface area contributed by atoms with E-state index in [1.165, 1.54) is 0 Å². The second-order valence-corrected chi connectivity index (χ2v) is 5.56. The summed E-state index contributed by atoms with van der Waals surface area (Å²) in [5.74, 6) is 0.768. The normalized spacial score (nSPS) is 10.4. The van der Waals surface area contributed by atoms with E-state index in [9.17, 15) is 4.79 Å². The van der Waals surface area contributed by atoms with Crippen molar-refractivity contribution < 1.29 is 4.79 Å². The van der Waals surface area contributed by atoms with Crippen molar-refractivity contribution in [2.24, 2.45) is 0 Å². The maximum absolute atomic E-state index is 12.1. The lowest BCUT2D eigenvalue weighted by Gasteiger charge is -2.00. The van der Waals surface area contributed by atoms with Crippen molar-refractivity contribution in [3.05, 3.63) is 71.8 Å². The number of hydrogen-bond acceptors (Lipinski definition) is 3. The summed E-state index contributed by atoms with van der Waals surface area (Å²) >= 11 is 1.62. The number of hydrogen-bond donors (Lipinski definition) is 0. The molecule has 21 heavy (non-hydrogen) atoms. The number of nitrogens with zero attached hydrogens (tertiary/aromatic N) is 1. The fourth-order valence-electron chi connectivity index (χ4n) is 1.76. The first-order valence-electron chi connectivity index (χ1n) is 6.67. The number of thioether (sulfide) groups is 1. The van der Waals surface area contributed by atoms with Gasteiger partial charge in [0.1, 0.15) is 0 Å². The van der Waals surface area contributed by atoms with Gasteiger partial charge in [-0.3, -0.25) is 4.79 Å². The molecule has 0 spiro atoms. The molecule has 0 saturated carbocycles. The van der Waals surface area contributed by atoms with Crippen molar-refractivity contribution in [1.82, 2.24) is 0 Å². The summed E-state index contributed by atoms with van der Waals surface area (Å²) in [6.07, 6.45) is 3.94. The summed E-state index contributed by atoms with van der Waals surface area (Å²) in [6.45, 7) is 0. The number of nitriles is 1. The van der Waals surface area contributed by atoms with E-state index in [2.05, 4.69) is 6.07 Å². The Labute approximate surface area is 129 Å². The smallest absolute Gasteiger partial charge is 0.185 e. The molecule has 0 aliphatic rings. The minimum Gasteiger partial charge on any atom is -0.289 e. The summed E-state index contributed by atoms with van der Waals surface area (Å²) in [6, 6.07) is 19.4. The highest BCUT2D eigenvalue weighted by Crippen LogP contribution is 2.19. The Morgan fingerprint density at radius 2 is 1.81 bits per heavy atom. The first-order valence-corrected chi connectivity index (χ1v) is 7.65. The SMILES string of the molecule is N#CCCSc1ccc(C(=O)C=Cc2ccccc2)cc1. The Morgan fingerprint density at radius 1 is 1.10 bits per heavy atom. The molecule has 3 heteroatoms. The first kappa shape index (κ1) is 15.1. The molecule has 0 fully saturated rings. The van der Waals surface area contributed by atoms with Crippen LogP contribution < -0.4 is 0 Å². The van der Waals surface area contributed by atoms with Crippen molar-refractivity contribution in [3.8, 4) is 6.07 Å². The van der Waals surface area contributed by atoms with Crippen molar-refractivity contribution >= 4 is 23.6 Å². The standard InChI is InChI=1S/C18H15NOS/c19-13-4-14-21-17-10-8-16(9-11-17)18(20)12-7-15-5-2-1-3-6-15/h1-3,5-12H,4,14H2. The number of benzene rings is 2. The lowest BCUT2D eigenvalue weighted by molar-refractivity contribution is 0.104. The Hall–Kier alpha value is -2.31. The maximum Gasteiger partial charge on any atom is 0.185 e. The Morgan fingerprint density at radius 3 is 2.48 bits per heavy atom. The van der Waals surface area contributed by atoms with Gasteiger partial charge in [0.05, 0.1) is 6.07 Å². The summed E-state index contributed by atoms with van der Waals surface area (Å²) in [7, 11) is 0. The maximum atomic E-state index is 12.1. The number of carbonyl (C=O) groups excluding carboxylic acids is 1. The molecule has 0 N–H and O–H groups in total. The number of carbonyl (C=O) groups is 1. The Bertz CT molecular complexity index is 654. The first-order chi connectivity index (χ1) is 10.3. The van der Waals surface area contributed by atoms with Gasteiger partial charge in [0.15, 0.2) is 5.78 Å². The monoisotopic (exact) mass is 293 g/mol. The van der Waals surface area contributed by atoms with Gasteiger partial charge in [-0.05, 0) is 35.9 Å². The van der Waals surface area contributed by atoms with E-state index in [1.807, 2.05) is 60.7 Å². The van der Waals surface area contributed by atoms with Gasteiger partial charge in [-0.2, -0.15) is 5.26 Å². The van der Waals surface area contributed by atoms with Crippen LogP contribution in [0.1, 0.15) is 22.3 Å². The van der Waals surface area contributed by atoms with E-state index in [0.29, 0.717) is 12.0 Å². The fraction of sp³-hybridized carbons (Fsp3) is 0.111. The lowest BCUT2D eigenvalue weighted by atomic mass is 10.1. The van der Waals surface area contributed by atoms with Crippen molar-refractivity contribution in [2.75, 3.05) is 5.75 Å². The third kappa shape index (κ3) is 4.94. The molecule has 2 rings (SSSR count). The molecular formula is C18H15NOS. The molecule has 0 heterocycles. The average Bonchev–Trinajstić information content (AvgIpc) is 2.54. The zero-order valence-electron chi connectivity index (χ0n) is 11.5. The summed E-state index contributed by atoms with van der Waals surface area (Å²) < 4.78 is 0. The zero-order chi connectivity index (χ0) is 14.9. The van der Waals surface area contributed by atoms with E-state index in [-0.39, 0.29) is 5.78 Å². The minimum absolute atomic E-state index is 0.00701. The van der Waals surface area contributed by atoms with Crippen LogP contribution in [0.4, 0.5) is 0 Å². The predicted octanol–water partition coefficient (Wildman–Crippen LogP) is 4.59. The van der Waals surface area contributed by atoms with Gasteiger partial charge in [-0.1, -0.05) is 36.4 Å². The van der Waals surface area contributed by atoms with E-state index in [1.54, 1.807) is 17.8 Å². The number of ketones is 1. The highest BCUT2D eigenvalue weighted by Gasteiger charge is 2.02. The van der Waals surface area contributed by atoms with Crippen molar-refractivity contribution in [2.45, 2.75) is 11.3 Å². The van der Waals surface area contributed by atoms with Crippen molar-refractivity contribution in [3.63, 3.8) is 0 Å². The van der Waals surface area contributed by atoms with Crippen LogP contribution in [-0.2, 0) is 0 Å². The van der Waals surface area contributed by atoms with Crippen LogP contribution >= 0.6 is 11.8 Å². The van der Waals surface area contributed by atoms with Gasteiger partial charge >= 0.3 is 0 Å². The summed E-state index contributed by atoms with van der Waals surface area (Å²) in [5, 5.41) is 8.50. The number of rotatable bonds is 6. The highest BCUT2D eigenvalue weighted by atomic mass is 32.2. The fourth-order valence-corrected chi connectivity index (χ4v) is 2.52. The molecule has 2 aromatic rings. The molecule has 0 unspecified atom stereocenters. The molecule has 0 aliphatic carbocycles. The average molecular weight is 293 g/mol. The van der Waals surface area contributed by atoms with Crippen LogP contribution in [-0.4, -0.2) is 11.5 Å². The highest BCUT2D eigenvalue weighted by molar-refractivity contribution is 7.99. The second-order valence-electron chi connectivity index (χ2n) is 4.39. The molecule has 0 amide bonds. The molecule has 0 atom stereocenters. The number of allylic oxidation sites excluding steroid dienone is 1. The van der Waals surface area contributed by atoms with Crippen molar-refractivity contribution in [1.29, 1.82) is 5.26 Å². The molecule has 0 radical (unpaired) electrons. The van der Waals surface area contributed by atoms with Crippen LogP contribution in [0.2, 0.25) is 0 Å². The third-order valence-electron chi connectivity index (χ3n) is 2.85. The van der Waals surface area contributed by atoms with Gasteiger partial charge in [0.2, 0.25) is 0 Å². The largest absolute Gasteiger partial charge is 0.289 e. The third-order valence-corrected chi connectivity index (χ3v) is 3.86. The van der Waals surface area contributed by atoms with Gasteiger partial charge in [0, 0.05) is 22.6 Å². The topological polar surface area (TPSA) is 40.9 Å². The molecule has 0 aliphatic heterocycles. The van der Waals surface area contributed by atoms with Crippen LogP contribution in [0.25, 0.3) is 6.08 Å². The van der Waals surface area contributed by atoms with Gasteiger partial charge in [-0.15, -0.1) is 11.8 Å². The van der Waals surface area contributed by atoms with Crippen LogP contribution in [0.3, 0.4) is 0 Å². The van der Waals surface area contributed by atoms with E-state index in [0.717, 1.165) is 16.2 Å². The molecule has 104 valence electrons. The van der Waals surface area contributed by atoms with E-state index >= 15 is 0 Å². The zero-order valence-corrected chi connectivity index (χ0v) is 12.3. The quantitative estimate of drug-likeness (QED) is 0.338. The molecular weight excluding hydrogens is 278 g/mol. The second kappa shape index (κ2) is 8.08. The van der Waals surface area contributed by atoms with Gasteiger partial charge < -0.3 is 0 Å².